The summed E-state index contributed by atoms with van der Waals surface area (Å²) in [5.74, 6) is 2.60. The van der Waals surface area contributed by atoms with E-state index in [2.05, 4.69) is 119 Å². The number of nitrogens with zero attached hydrogens (tertiary/aromatic N) is 8. The van der Waals surface area contributed by atoms with E-state index in [1.807, 2.05) is 121 Å². The molecule has 12 atom stereocenters. The van der Waals surface area contributed by atoms with E-state index in [9.17, 15) is 43.2 Å². The highest BCUT2D eigenvalue weighted by molar-refractivity contribution is 6.09. The third-order valence-corrected chi connectivity index (χ3v) is 26.6. The Morgan fingerprint density at radius 2 is 0.877 bits per heavy atom. The standard InChI is InChI=1S/C49H54N8O8.C44H53N7O7.C10H11NO4/c1-26(2)41(54-48(60)63-5)47(59)57-27(3)12-17-38(57)45-51-36-16-14-30-20-35-33-15-13-31(19-32(33)25-65-40(35)21-34(30)43(36)53-45)37-22-50-44(52-37)39-18-28(24-62-4)23-56(39)46(58)42(55-49(61)64-6)29-10-8-7-9-11-29;1-23(2)37(49-42(53)56-8)41(52)51-24(3)9-14-34(51)40-46-32-13-11-26-17-31-29-12-10-27(16-28(29)22-57-36(31)18-30(26)38(32)48-40)33-19-45-39(47-33)35-15-25(21-55-7)20-50(35)43(54)58-44(4,5)6;1-15-10(14)11-8(9(12)13)7-5-3-2-4-6-7/h7-11,13-16,19-22,26-28,38-39,41-42H,12,17-18,23-25H2,1-6H3,(H,50,52)(H,51,53)(H,54,60)(H,55,61);10-13,16-19,23-25,34-35,37H,9,14-15,20-22H2,1-8H3,(H,45,47)(H,46,48)(H,49,53);2-6,8H,1H3,(H,11,14)(H,12,13)/t27-,28-,38-,39?,41-,42+;24-,25-,34-,35?,37-;8-/m001/s1. The number of methoxy groups -OCH3 is 6. The van der Waals surface area contributed by atoms with E-state index in [0.29, 0.717) is 68.7 Å². The third-order valence-electron chi connectivity index (χ3n) is 26.6. The van der Waals surface area contributed by atoms with Crippen LogP contribution < -0.4 is 30.7 Å². The average molecular weight is 1880 g/mol. The zero-order chi connectivity index (χ0) is 97.8. The number of imidazole rings is 4. The van der Waals surface area contributed by atoms with Gasteiger partial charge in [-0.2, -0.15) is 0 Å². The highest BCUT2D eigenvalue weighted by atomic mass is 16.6. The van der Waals surface area contributed by atoms with Crippen molar-refractivity contribution in [3.63, 3.8) is 0 Å². The van der Waals surface area contributed by atoms with E-state index in [0.717, 1.165) is 155 Å². The van der Waals surface area contributed by atoms with Crippen LogP contribution in [0, 0.1) is 23.7 Å². The molecule has 6 aliphatic rings. The fraction of sp³-hybridized carbons (Fsp3) is 0.408. The fourth-order valence-corrected chi connectivity index (χ4v) is 19.8. The fourth-order valence-electron chi connectivity index (χ4n) is 19.8. The number of alkyl carbamates (subject to hydrolysis) is 4. The lowest BCUT2D eigenvalue weighted by Crippen LogP contribution is -2.52. The zero-order valence-corrected chi connectivity index (χ0v) is 80.0. The van der Waals surface area contributed by atoms with Gasteiger partial charge in [-0.3, -0.25) is 19.3 Å². The molecule has 4 aromatic heterocycles. The normalized spacial score (nSPS) is 19.5. The first-order valence-electron chi connectivity index (χ1n) is 46.5. The lowest BCUT2D eigenvalue weighted by molar-refractivity contribution is -0.140. The quantitative estimate of drug-likeness (QED) is 0.0285. The number of nitrogens with one attached hydrogen (secondary N) is 8. The molecule has 0 aliphatic carbocycles. The van der Waals surface area contributed by atoms with E-state index >= 15 is 0 Å². The molecule has 6 aliphatic heterocycles. The van der Waals surface area contributed by atoms with Gasteiger partial charge in [-0.25, -0.2) is 48.7 Å². The number of carbonyl (C=O) groups excluding carboxylic acids is 8. The molecule has 4 saturated heterocycles. The number of rotatable bonds is 22. The number of carboxylic acid groups (broad SMARTS) is 1. The van der Waals surface area contributed by atoms with Crippen LogP contribution >= 0.6 is 0 Å². The second-order valence-corrected chi connectivity index (χ2v) is 37.6. The van der Waals surface area contributed by atoms with Crippen molar-refractivity contribution in [1.29, 1.82) is 0 Å². The van der Waals surface area contributed by atoms with Crippen molar-refractivity contribution in [3.05, 3.63) is 204 Å². The SMILES string of the molecule is COC(=O)N[C@@H](C(=O)O)c1ccccc1.COC[C@H]1CC(c2ncc(-c3ccc4c(c3)COc3cc5c(ccc6[nH]c([C@@H]7CC[C@H](C)N7C(=O)[C@@H](NC(=O)OC)C(C)C)nc65)cc3-4)[nH]2)N(C(=O)OC(C)(C)C)C1.COC[C@H]1CC(c2ncc(-c3ccc4c(c3)COc3cc5c(ccc6[nH]c([C@@H]7CC[C@H](C)N7C(=O)[C@@H](NC(=O)OC)C(C)C)nc65)cc3-4)[nH]2)N(C(=O)[C@H](NC(=O)OC)c2ccccc2)C1. The Labute approximate surface area is 797 Å². The lowest BCUT2D eigenvalue weighted by Gasteiger charge is -2.32. The Hall–Kier alpha value is -14.6. The maximum Gasteiger partial charge on any atom is 0.410 e. The number of H-pyrrole nitrogens is 4. The summed E-state index contributed by atoms with van der Waals surface area (Å²) in [6, 6.07) is 42.1. The molecule has 9 N–H and O–H groups in total. The van der Waals surface area contributed by atoms with Crippen LogP contribution in [0.3, 0.4) is 0 Å². The maximum atomic E-state index is 14.3. The van der Waals surface area contributed by atoms with Crippen molar-refractivity contribution in [3.8, 4) is 56.3 Å². The molecule has 0 spiro atoms. The summed E-state index contributed by atoms with van der Waals surface area (Å²) in [6.07, 6.45) is 5.02. The van der Waals surface area contributed by atoms with Crippen LogP contribution in [0.5, 0.6) is 11.5 Å². The largest absolute Gasteiger partial charge is 0.488 e. The van der Waals surface area contributed by atoms with Gasteiger partial charge in [-0.05, 0) is 189 Å². The highest BCUT2D eigenvalue weighted by Gasteiger charge is 2.47. The van der Waals surface area contributed by atoms with Crippen molar-refractivity contribution >= 4 is 97.8 Å². The number of likely N-dealkylation sites (tertiary alicyclic amines) is 4. The molecule has 35 nitrogen and oxygen atoms in total. The maximum absolute atomic E-state index is 14.3. The van der Waals surface area contributed by atoms with Gasteiger partial charge in [-0.1, -0.05) is 125 Å². The Bertz CT molecular complexity index is 6550. The number of ether oxygens (including phenoxy) is 9. The van der Waals surface area contributed by atoms with Crippen molar-refractivity contribution in [2.75, 3.05) is 69.0 Å². The molecule has 2 unspecified atom stereocenters. The molecular weight excluding hydrogens is 1770 g/mol. The monoisotopic (exact) mass is 1880 g/mol. The number of benzene rings is 8. The van der Waals surface area contributed by atoms with Crippen LogP contribution in [0.25, 0.3) is 88.4 Å². The number of amides is 8. The summed E-state index contributed by atoms with van der Waals surface area (Å²) < 4.78 is 48.5. The molecule has 8 amide bonds. The first-order chi connectivity index (χ1) is 66.3. The van der Waals surface area contributed by atoms with Gasteiger partial charge in [0.25, 0.3) is 5.91 Å². The van der Waals surface area contributed by atoms with E-state index < -0.39 is 60.1 Å². The number of fused-ring (bicyclic) bond motifs is 12. The van der Waals surface area contributed by atoms with Crippen LogP contribution in [-0.4, -0.2) is 217 Å². The second kappa shape index (κ2) is 41.1. The molecule has 18 rings (SSSR count). The van der Waals surface area contributed by atoms with Gasteiger partial charge in [0.2, 0.25) is 11.8 Å². The van der Waals surface area contributed by atoms with Gasteiger partial charge < -0.3 is 104 Å². The van der Waals surface area contributed by atoms with E-state index in [4.69, 9.17) is 62.9 Å². The summed E-state index contributed by atoms with van der Waals surface area (Å²) in [7, 11) is 8.38. The van der Waals surface area contributed by atoms with Crippen molar-refractivity contribution in [2.45, 2.75) is 180 Å². The Kier molecular flexibility index (Phi) is 28.8. The Morgan fingerprint density at radius 3 is 1.29 bits per heavy atom. The van der Waals surface area contributed by atoms with Gasteiger partial charge >= 0.3 is 36.4 Å². The molecule has 0 saturated carbocycles. The third kappa shape index (κ3) is 20.3. The van der Waals surface area contributed by atoms with E-state index in [1.165, 1.54) is 28.4 Å². The van der Waals surface area contributed by atoms with Gasteiger partial charge in [0.05, 0.1) is 112 Å². The molecule has 0 radical (unpaired) electrons. The highest BCUT2D eigenvalue weighted by Crippen LogP contribution is 2.48. The van der Waals surface area contributed by atoms with E-state index in [1.54, 1.807) is 60.5 Å². The number of aromatic amines is 4. The van der Waals surface area contributed by atoms with E-state index in [-0.39, 0.29) is 83.7 Å². The van der Waals surface area contributed by atoms with Crippen LogP contribution in [0.15, 0.2) is 158 Å². The average Bonchev–Trinajstić information content (AvgIpc) is 1.49. The zero-order valence-electron chi connectivity index (χ0n) is 80.0. The summed E-state index contributed by atoms with van der Waals surface area (Å²) in [4.78, 5) is 155. The molecular formula is C103H118N16O19. The number of hydrogen-bond acceptors (Lipinski definition) is 22. The van der Waals surface area contributed by atoms with Crippen molar-refractivity contribution in [2.24, 2.45) is 23.7 Å². The summed E-state index contributed by atoms with van der Waals surface area (Å²) in [6.45, 7) is 20.1. The predicted molar refractivity (Wildman–Crippen MR) is 514 cm³/mol. The smallest absolute Gasteiger partial charge is 0.410 e. The molecule has 8 aromatic carbocycles. The van der Waals surface area contributed by atoms with Crippen molar-refractivity contribution < 1.29 is 90.9 Å². The first-order valence-corrected chi connectivity index (χ1v) is 46.5. The minimum Gasteiger partial charge on any atom is -0.488 e. The van der Waals surface area contributed by atoms with Gasteiger partial charge in [0, 0.05) is 73.1 Å². The molecule has 724 valence electrons. The molecule has 138 heavy (non-hydrogen) atoms. The first kappa shape index (κ1) is 96.5. The van der Waals surface area contributed by atoms with Gasteiger partial charge in [0.15, 0.2) is 6.04 Å². The number of carboxylic acids is 1. The van der Waals surface area contributed by atoms with Gasteiger partial charge in [-0.15, -0.1) is 0 Å². The number of hydrogen-bond donors (Lipinski definition) is 9. The Balaban J connectivity index is 0.000000174. The minimum absolute atomic E-state index is 0.0184. The number of carbonyl (C=O) groups is 9. The van der Waals surface area contributed by atoms with Gasteiger partial charge in [0.1, 0.15) is 71.7 Å². The molecule has 12 aromatic rings. The Morgan fingerprint density at radius 1 is 0.464 bits per heavy atom. The minimum atomic E-state index is -1.13. The van der Waals surface area contributed by atoms with Crippen molar-refractivity contribution in [1.82, 2.24) is 80.7 Å². The summed E-state index contributed by atoms with van der Waals surface area (Å²) in [5, 5.41) is 23.3. The van der Waals surface area contributed by atoms with Crippen LogP contribution in [0.2, 0.25) is 0 Å². The predicted octanol–water partition coefficient (Wildman–Crippen LogP) is 16.9. The van der Waals surface area contributed by atoms with Crippen LogP contribution in [-0.2, 0) is 65.5 Å². The summed E-state index contributed by atoms with van der Waals surface area (Å²) in [5.41, 5.74) is 13.7. The lowest BCUT2D eigenvalue weighted by atomic mass is 9.92. The van der Waals surface area contributed by atoms with Crippen LogP contribution in [0.1, 0.15) is 183 Å². The summed E-state index contributed by atoms with van der Waals surface area (Å²) >= 11 is 0. The van der Waals surface area contributed by atoms with Crippen LogP contribution in [0.4, 0.5) is 24.0 Å². The molecule has 35 heteroatoms. The molecule has 4 fully saturated rings. The topological polar surface area (TPSA) is 433 Å². The number of aromatic nitrogens is 8. The molecule has 0 bridgehead atoms. The number of aliphatic carboxylic acids is 1. The second-order valence-electron chi connectivity index (χ2n) is 37.6. The molecule has 10 heterocycles.